The van der Waals surface area contributed by atoms with Crippen molar-refractivity contribution in [1.29, 1.82) is 0 Å². The highest BCUT2D eigenvalue weighted by Gasteiger charge is 2.23. The molecule has 0 saturated heterocycles. The van der Waals surface area contributed by atoms with E-state index < -0.39 is 0 Å². The maximum absolute atomic E-state index is 7.12. The Balaban J connectivity index is 1.08. The van der Waals surface area contributed by atoms with E-state index >= 15 is 0 Å². The monoisotopic (exact) mass is 779 g/mol. The zero-order valence-corrected chi connectivity index (χ0v) is 33.1. The van der Waals surface area contributed by atoms with Crippen LogP contribution < -0.4 is 4.90 Å². The highest BCUT2D eigenvalue weighted by molar-refractivity contribution is 6.22. The van der Waals surface area contributed by atoms with E-state index in [1.54, 1.807) is 0 Å². The van der Waals surface area contributed by atoms with Gasteiger partial charge in [0, 0.05) is 54.8 Å². The van der Waals surface area contributed by atoms with E-state index in [9.17, 15) is 0 Å². The first-order valence-electron chi connectivity index (χ1n) is 20.7. The third-order valence-electron chi connectivity index (χ3n) is 12.1. The number of hydrogen-bond donors (Lipinski definition) is 0. The van der Waals surface area contributed by atoms with Gasteiger partial charge < -0.3 is 13.7 Å². The van der Waals surface area contributed by atoms with Crippen LogP contribution in [0.1, 0.15) is 0 Å². The number of furan rings is 2. The Morgan fingerprint density at radius 3 is 1.49 bits per heavy atom. The van der Waals surface area contributed by atoms with E-state index in [-0.39, 0.29) is 0 Å². The number of para-hydroxylation sites is 2. The second kappa shape index (κ2) is 14.3. The first-order chi connectivity index (χ1) is 30.3. The lowest BCUT2D eigenvalue weighted by Crippen LogP contribution is -2.10. The van der Waals surface area contributed by atoms with Crippen LogP contribution in [0.4, 0.5) is 17.1 Å². The van der Waals surface area contributed by atoms with Gasteiger partial charge in [-0.2, -0.15) is 0 Å². The van der Waals surface area contributed by atoms with Gasteiger partial charge in [0.2, 0.25) is 0 Å². The molecule has 0 aliphatic heterocycles. The summed E-state index contributed by atoms with van der Waals surface area (Å²) in [7, 11) is 0. The SMILES string of the molecule is c1ccc(-c2ccc(N(c3ccc(-c4cccc5c4oc4ccccc45)cc3)c3cc4c5ccc(-c6ccccc6)c(-c6ccccc6)c5oc4c4ccccc34)cc2)cc1. The zero-order valence-electron chi connectivity index (χ0n) is 33.1. The van der Waals surface area contributed by atoms with Crippen LogP contribution in [0.2, 0.25) is 0 Å². The van der Waals surface area contributed by atoms with Crippen LogP contribution in [0.5, 0.6) is 0 Å². The van der Waals surface area contributed by atoms with Crippen LogP contribution >= 0.6 is 0 Å². The molecule has 0 aliphatic carbocycles. The molecule has 2 aromatic heterocycles. The Morgan fingerprint density at radius 2 is 0.787 bits per heavy atom. The molecule has 3 heteroatoms. The number of rotatable bonds is 7. The van der Waals surface area contributed by atoms with Crippen LogP contribution in [-0.4, -0.2) is 0 Å². The minimum atomic E-state index is 0.880. The van der Waals surface area contributed by atoms with Gasteiger partial charge in [0.05, 0.1) is 5.69 Å². The lowest BCUT2D eigenvalue weighted by atomic mass is 9.92. The van der Waals surface area contributed by atoms with Crippen LogP contribution in [0.15, 0.2) is 233 Å². The average molecular weight is 780 g/mol. The van der Waals surface area contributed by atoms with Gasteiger partial charge in [-0.05, 0) is 75.8 Å². The molecular weight excluding hydrogens is 743 g/mol. The van der Waals surface area contributed by atoms with Gasteiger partial charge in [-0.3, -0.25) is 0 Å². The fourth-order valence-corrected chi connectivity index (χ4v) is 9.20. The molecule has 0 atom stereocenters. The number of benzene rings is 10. The van der Waals surface area contributed by atoms with Gasteiger partial charge in [0.15, 0.2) is 0 Å². The molecule has 12 rings (SSSR count). The van der Waals surface area contributed by atoms with Crippen molar-refractivity contribution in [3.8, 4) is 44.5 Å². The van der Waals surface area contributed by atoms with E-state index in [0.717, 1.165) is 105 Å². The largest absolute Gasteiger partial charge is 0.455 e. The summed E-state index contributed by atoms with van der Waals surface area (Å²) in [5, 5.41) is 6.55. The summed E-state index contributed by atoms with van der Waals surface area (Å²) in [5.41, 5.74) is 15.7. The number of fused-ring (bicyclic) bond motifs is 8. The predicted molar refractivity (Wildman–Crippen MR) is 255 cm³/mol. The summed E-state index contributed by atoms with van der Waals surface area (Å²) < 4.78 is 13.6. The Bertz CT molecular complexity index is 3550. The molecule has 0 spiro atoms. The lowest BCUT2D eigenvalue weighted by Gasteiger charge is -2.27. The molecule has 61 heavy (non-hydrogen) atoms. The molecule has 0 aliphatic rings. The van der Waals surface area contributed by atoms with Gasteiger partial charge in [0.1, 0.15) is 22.3 Å². The third kappa shape index (κ3) is 5.82. The van der Waals surface area contributed by atoms with Crippen LogP contribution in [0.25, 0.3) is 99.2 Å². The molecular formula is C58H37NO2. The minimum absolute atomic E-state index is 0.880. The van der Waals surface area contributed by atoms with Crippen LogP contribution in [0, 0.1) is 0 Å². The van der Waals surface area contributed by atoms with E-state index in [2.05, 4.69) is 217 Å². The van der Waals surface area contributed by atoms with Crippen LogP contribution in [-0.2, 0) is 0 Å². The number of hydrogen-bond acceptors (Lipinski definition) is 3. The van der Waals surface area contributed by atoms with E-state index in [1.807, 2.05) is 12.1 Å². The van der Waals surface area contributed by atoms with Crippen molar-refractivity contribution in [3.05, 3.63) is 224 Å². The molecule has 3 nitrogen and oxygen atoms in total. The first kappa shape index (κ1) is 34.9. The fourth-order valence-electron chi connectivity index (χ4n) is 9.20. The lowest BCUT2D eigenvalue weighted by molar-refractivity contribution is 0.670. The Kier molecular flexibility index (Phi) is 8.17. The topological polar surface area (TPSA) is 29.5 Å². The Hall–Kier alpha value is -8.14. The minimum Gasteiger partial charge on any atom is -0.455 e. The van der Waals surface area contributed by atoms with Gasteiger partial charge in [-0.25, -0.2) is 0 Å². The molecule has 12 aromatic rings. The summed E-state index contributed by atoms with van der Waals surface area (Å²) >= 11 is 0. The maximum Gasteiger partial charge on any atom is 0.143 e. The second-order valence-corrected chi connectivity index (χ2v) is 15.6. The fraction of sp³-hybridized carbons (Fsp3) is 0. The standard InChI is InChI=1S/C58H37NO2/c1-4-15-38(16-5-1)39-27-31-43(32-28-39)59(44-33-29-41(30-34-44)46-24-14-25-50-48-22-12-13-26-54(48)60-56(46)50)53-37-52-51-36-35-45(40-17-6-2-7-18-40)55(42-19-8-3-9-20-42)58(51)61-57(52)49-23-11-10-21-47(49)53/h1-37H. The molecule has 0 saturated carbocycles. The van der Waals surface area contributed by atoms with Crippen LogP contribution in [0.3, 0.4) is 0 Å². The molecule has 0 fully saturated rings. The number of nitrogens with zero attached hydrogens (tertiary/aromatic N) is 1. The molecule has 286 valence electrons. The third-order valence-corrected chi connectivity index (χ3v) is 12.1. The molecule has 0 N–H and O–H groups in total. The quantitative estimate of drug-likeness (QED) is 0.161. The van der Waals surface area contributed by atoms with Gasteiger partial charge in [-0.1, -0.05) is 182 Å². The normalized spacial score (nSPS) is 11.6. The van der Waals surface area contributed by atoms with Crippen molar-refractivity contribution < 1.29 is 8.83 Å². The van der Waals surface area contributed by atoms with Crippen molar-refractivity contribution in [2.75, 3.05) is 4.90 Å². The average Bonchev–Trinajstić information content (AvgIpc) is 3.92. The Morgan fingerprint density at radius 1 is 0.279 bits per heavy atom. The summed E-state index contributed by atoms with van der Waals surface area (Å²) in [6.07, 6.45) is 0. The smallest absolute Gasteiger partial charge is 0.143 e. The van der Waals surface area contributed by atoms with Crippen molar-refractivity contribution in [2.45, 2.75) is 0 Å². The van der Waals surface area contributed by atoms with Gasteiger partial charge in [-0.15, -0.1) is 0 Å². The highest BCUT2D eigenvalue weighted by atomic mass is 16.3. The Labute approximate surface area is 353 Å². The summed E-state index contributed by atoms with van der Waals surface area (Å²) in [6.45, 7) is 0. The van der Waals surface area contributed by atoms with Crippen molar-refractivity contribution in [3.63, 3.8) is 0 Å². The van der Waals surface area contributed by atoms with Crippen molar-refractivity contribution in [2.24, 2.45) is 0 Å². The predicted octanol–water partition coefficient (Wildman–Crippen LogP) is 16.8. The van der Waals surface area contributed by atoms with E-state index in [0.29, 0.717) is 0 Å². The molecule has 0 amide bonds. The second-order valence-electron chi connectivity index (χ2n) is 15.6. The molecule has 10 aromatic carbocycles. The van der Waals surface area contributed by atoms with E-state index in [1.165, 1.54) is 11.1 Å². The molecule has 0 unspecified atom stereocenters. The summed E-state index contributed by atoms with van der Waals surface area (Å²) in [5.74, 6) is 0. The van der Waals surface area contributed by atoms with E-state index in [4.69, 9.17) is 8.83 Å². The van der Waals surface area contributed by atoms with Crippen molar-refractivity contribution in [1.82, 2.24) is 0 Å². The molecule has 2 heterocycles. The first-order valence-corrected chi connectivity index (χ1v) is 20.7. The maximum atomic E-state index is 7.12. The molecule has 0 radical (unpaired) electrons. The van der Waals surface area contributed by atoms with Crippen molar-refractivity contribution >= 4 is 71.7 Å². The highest BCUT2D eigenvalue weighted by Crippen LogP contribution is 2.48. The zero-order chi connectivity index (χ0) is 40.3. The summed E-state index contributed by atoms with van der Waals surface area (Å²) in [4.78, 5) is 2.39. The van der Waals surface area contributed by atoms with Gasteiger partial charge >= 0.3 is 0 Å². The number of anilines is 3. The molecule has 0 bridgehead atoms. The van der Waals surface area contributed by atoms with Gasteiger partial charge in [0.25, 0.3) is 0 Å². The summed E-state index contributed by atoms with van der Waals surface area (Å²) in [6, 6.07) is 79.7.